The van der Waals surface area contributed by atoms with Gasteiger partial charge >= 0.3 is 0 Å². The summed E-state index contributed by atoms with van der Waals surface area (Å²) in [5.74, 6) is 0.441. The highest BCUT2D eigenvalue weighted by Gasteiger charge is 2.31. The molecule has 9 heteroatoms. The second kappa shape index (κ2) is 6.43. The first-order valence-corrected chi connectivity index (χ1v) is 9.30. The highest BCUT2D eigenvalue weighted by Crippen LogP contribution is 2.39. The Hall–Kier alpha value is -3.23. The Kier molecular flexibility index (Phi) is 3.88. The molecule has 2 aliphatic heterocycles. The van der Waals surface area contributed by atoms with Crippen LogP contribution in [0.4, 0.5) is 10.2 Å². The van der Waals surface area contributed by atoms with E-state index in [4.69, 9.17) is 9.72 Å². The Morgan fingerprint density at radius 3 is 3.14 bits per heavy atom. The lowest BCUT2D eigenvalue weighted by Gasteiger charge is -2.27. The Labute approximate surface area is 160 Å². The van der Waals surface area contributed by atoms with Gasteiger partial charge in [-0.05, 0) is 31.9 Å². The number of anilines is 1. The zero-order valence-corrected chi connectivity index (χ0v) is 15.3. The summed E-state index contributed by atoms with van der Waals surface area (Å²) < 4.78 is 21.5. The summed E-state index contributed by atoms with van der Waals surface area (Å²) in [5.41, 5.74) is 1.60. The third-order valence-corrected chi connectivity index (χ3v) is 5.20. The first-order chi connectivity index (χ1) is 13.6. The third-order valence-electron chi connectivity index (χ3n) is 5.20. The van der Waals surface area contributed by atoms with Crippen molar-refractivity contribution in [3.8, 4) is 5.88 Å². The summed E-state index contributed by atoms with van der Waals surface area (Å²) >= 11 is 0. The molecule has 28 heavy (non-hydrogen) atoms. The number of nitrogens with zero attached hydrogens (tertiary/aromatic N) is 5. The molecule has 2 atom stereocenters. The van der Waals surface area contributed by atoms with E-state index in [1.807, 2.05) is 13.0 Å². The van der Waals surface area contributed by atoms with E-state index in [2.05, 4.69) is 20.3 Å². The standard InChI is InChI=1S/C19H19FN6O2/c1-11-10-28-19-13(7-12(20)8-21-19)15-3-2-5-25(15)16-4-6-26-17(24-16)14(9-22-26)18(27)23-11/h4,6-9,11,15H,2-3,5,10H2,1H3,(H,23,27)/t11-,15+/m0/s1. The van der Waals surface area contributed by atoms with Crippen LogP contribution in [0.5, 0.6) is 5.88 Å². The number of carbonyl (C=O) groups is 1. The first kappa shape index (κ1) is 16.9. The van der Waals surface area contributed by atoms with E-state index in [-0.39, 0.29) is 24.6 Å². The SMILES string of the molecule is C[C@H]1COc2ncc(F)cc2[C@H]2CCCN2c2ccn3ncc(c3n2)C(=O)N1. The highest BCUT2D eigenvalue weighted by atomic mass is 19.1. The Bertz CT molecular complexity index is 1070. The fourth-order valence-corrected chi connectivity index (χ4v) is 3.89. The Balaban J connectivity index is 1.69. The molecule has 0 spiro atoms. The molecular weight excluding hydrogens is 363 g/mol. The molecule has 3 aromatic rings. The molecule has 3 aromatic heterocycles. The molecule has 1 saturated heterocycles. The van der Waals surface area contributed by atoms with Gasteiger partial charge in [-0.2, -0.15) is 5.10 Å². The minimum absolute atomic E-state index is 0.0979. The average molecular weight is 382 g/mol. The smallest absolute Gasteiger partial charge is 0.257 e. The number of aromatic nitrogens is 4. The average Bonchev–Trinajstić information content (AvgIpc) is 3.32. The van der Waals surface area contributed by atoms with E-state index in [0.717, 1.165) is 25.6 Å². The maximum Gasteiger partial charge on any atom is 0.257 e. The van der Waals surface area contributed by atoms with Gasteiger partial charge in [0.25, 0.3) is 5.91 Å². The summed E-state index contributed by atoms with van der Waals surface area (Å²) in [7, 11) is 0. The number of hydrogen-bond acceptors (Lipinski definition) is 6. The monoisotopic (exact) mass is 382 g/mol. The largest absolute Gasteiger partial charge is 0.475 e. The lowest BCUT2D eigenvalue weighted by atomic mass is 10.1. The molecule has 0 aliphatic carbocycles. The molecule has 2 bridgehead atoms. The van der Waals surface area contributed by atoms with Gasteiger partial charge in [0.1, 0.15) is 23.8 Å². The van der Waals surface area contributed by atoms with Crippen molar-refractivity contribution in [3.63, 3.8) is 0 Å². The number of ether oxygens (including phenoxy) is 1. The van der Waals surface area contributed by atoms with Gasteiger partial charge in [0.05, 0.1) is 24.5 Å². The van der Waals surface area contributed by atoms with Gasteiger partial charge in [-0.1, -0.05) is 0 Å². The maximum atomic E-state index is 14.0. The van der Waals surface area contributed by atoms with Crippen LogP contribution in [0.25, 0.3) is 5.65 Å². The van der Waals surface area contributed by atoms with Crippen LogP contribution in [-0.2, 0) is 0 Å². The van der Waals surface area contributed by atoms with Crippen molar-refractivity contribution in [1.82, 2.24) is 24.9 Å². The van der Waals surface area contributed by atoms with Crippen molar-refractivity contribution >= 4 is 17.4 Å². The summed E-state index contributed by atoms with van der Waals surface area (Å²) in [6, 6.07) is 2.97. The second-order valence-electron chi connectivity index (χ2n) is 7.20. The van der Waals surface area contributed by atoms with Gasteiger partial charge in [-0.25, -0.2) is 18.9 Å². The number of halogens is 1. The van der Waals surface area contributed by atoms with Gasteiger partial charge in [-0.15, -0.1) is 0 Å². The number of carbonyl (C=O) groups excluding carboxylic acids is 1. The molecule has 0 radical (unpaired) electrons. The minimum atomic E-state index is -0.402. The zero-order chi connectivity index (χ0) is 19.3. The molecule has 8 nitrogen and oxygen atoms in total. The fourth-order valence-electron chi connectivity index (χ4n) is 3.89. The van der Waals surface area contributed by atoms with Gasteiger partial charge in [-0.3, -0.25) is 4.79 Å². The zero-order valence-electron chi connectivity index (χ0n) is 15.3. The van der Waals surface area contributed by atoms with Gasteiger partial charge in [0, 0.05) is 18.3 Å². The summed E-state index contributed by atoms with van der Waals surface area (Å²) in [4.78, 5) is 23.7. The molecule has 1 fully saturated rings. The van der Waals surface area contributed by atoms with Crippen LogP contribution in [0.15, 0.2) is 30.7 Å². The predicted octanol–water partition coefficient (Wildman–Crippen LogP) is 2.12. The van der Waals surface area contributed by atoms with Crippen LogP contribution in [0.2, 0.25) is 0 Å². The van der Waals surface area contributed by atoms with Crippen LogP contribution in [0, 0.1) is 5.82 Å². The molecule has 0 saturated carbocycles. The van der Waals surface area contributed by atoms with E-state index < -0.39 is 5.82 Å². The van der Waals surface area contributed by atoms with E-state index >= 15 is 0 Å². The first-order valence-electron chi connectivity index (χ1n) is 9.30. The number of pyridine rings is 1. The Morgan fingerprint density at radius 1 is 1.36 bits per heavy atom. The molecule has 5 heterocycles. The van der Waals surface area contributed by atoms with E-state index in [0.29, 0.717) is 28.5 Å². The van der Waals surface area contributed by atoms with Crippen LogP contribution in [0.3, 0.4) is 0 Å². The van der Waals surface area contributed by atoms with Crippen molar-refractivity contribution in [1.29, 1.82) is 0 Å². The third kappa shape index (κ3) is 2.74. The van der Waals surface area contributed by atoms with Gasteiger partial charge in [0.15, 0.2) is 5.65 Å². The predicted molar refractivity (Wildman–Crippen MR) is 98.9 cm³/mol. The fraction of sp³-hybridized carbons (Fsp3) is 0.368. The minimum Gasteiger partial charge on any atom is -0.475 e. The molecule has 144 valence electrons. The topological polar surface area (TPSA) is 84.7 Å². The van der Waals surface area contributed by atoms with E-state index in [1.165, 1.54) is 12.3 Å². The van der Waals surface area contributed by atoms with Gasteiger partial charge in [0.2, 0.25) is 5.88 Å². The number of hydrogen-bond donors (Lipinski definition) is 1. The lowest BCUT2D eigenvalue weighted by Crippen LogP contribution is -2.37. The van der Waals surface area contributed by atoms with Crippen LogP contribution in [0.1, 0.15) is 41.7 Å². The molecule has 5 rings (SSSR count). The van der Waals surface area contributed by atoms with E-state index in [9.17, 15) is 9.18 Å². The highest BCUT2D eigenvalue weighted by molar-refractivity contribution is 5.99. The molecular formula is C19H19FN6O2. The van der Waals surface area contributed by atoms with Crippen LogP contribution in [-0.4, -0.2) is 44.7 Å². The number of nitrogens with one attached hydrogen (secondary N) is 1. The maximum absolute atomic E-state index is 14.0. The second-order valence-corrected chi connectivity index (χ2v) is 7.20. The summed E-state index contributed by atoms with van der Waals surface area (Å²) in [5, 5.41) is 7.12. The van der Waals surface area contributed by atoms with Gasteiger partial charge < -0.3 is 15.0 Å². The normalized spacial score (nSPS) is 21.9. The Morgan fingerprint density at radius 2 is 2.25 bits per heavy atom. The van der Waals surface area contributed by atoms with Crippen molar-refractivity contribution in [3.05, 3.63) is 47.7 Å². The number of fused-ring (bicyclic) bond motifs is 5. The van der Waals surface area contributed by atoms with Crippen LogP contribution < -0.4 is 15.0 Å². The summed E-state index contributed by atoms with van der Waals surface area (Å²) in [6.45, 7) is 2.84. The van der Waals surface area contributed by atoms with Crippen molar-refractivity contribution in [2.75, 3.05) is 18.1 Å². The van der Waals surface area contributed by atoms with E-state index in [1.54, 1.807) is 10.7 Å². The number of rotatable bonds is 0. The molecule has 0 aromatic carbocycles. The molecule has 1 amide bonds. The number of amides is 1. The summed E-state index contributed by atoms with van der Waals surface area (Å²) in [6.07, 6.45) is 6.24. The van der Waals surface area contributed by atoms with Crippen LogP contribution >= 0.6 is 0 Å². The van der Waals surface area contributed by atoms with Crippen molar-refractivity contribution in [2.45, 2.75) is 31.8 Å². The van der Waals surface area contributed by atoms with Crippen molar-refractivity contribution < 1.29 is 13.9 Å². The molecule has 0 unspecified atom stereocenters. The van der Waals surface area contributed by atoms with Crippen molar-refractivity contribution in [2.24, 2.45) is 0 Å². The molecule has 2 aliphatic rings. The quantitative estimate of drug-likeness (QED) is 0.641. The lowest BCUT2D eigenvalue weighted by molar-refractivity contribution is 0.0927. The molecule has 1 N–H and O–H groups in total.